The smallest absolute Gasteiger partial charge is 0.248 e. The second-order valence-electron chi connectivity index (χ2n) is 5.72. The Hall–Kier alpha value is -2.08. The van der Waals surface area contributed by atoms with Crippen molar-refractivity contribution in [2.24, 2.45) is 0 Å². The van der Waals surface area contributed by atoms with Crippen LogP contribution < -0.4 is 10.2 Å². The highest BCUT2D eigenvalue weighted by atomic mass is 35.5. The van der Waals surface area contributed by atoms with Gasteiger partial charge in [0.25, 0.3) is 0 Å². The molecule has 3 rings (SSSR count). The normalized spacial score (nSPS) is 14.7. The zero-order valence-electron chi connectivity index (χ0n) is 13.8. The van der Waals surface area contributed by atoms with E-state index in [4.69, 9.17) is 27.9 Å². The number of anilines is 2. The van der Waals surface area contributed by atoms with E-state index in [1.54, 1.807) is 30.3 Å². The molecule has 26 heavy (non-hydrogen) atoms. The number of morpholine rings is 1. The van der Waals surface area contributed by atoms with Crippen LogP contribution in [0.5, 0.6) is 0 Å². The highest BCUT2D eigenvalue weighted by Crippen LogP contribution is 2.26. The second-order valence-corrected chi connectivity index (χ2v) is 6.54. The molecule has 0 spiro atoms. The fourth-order valence-electron chi connectivity index (χ4n) is 2.66. The van der Waals surface area contributed by atoms with Crippen LogP contribution in [0.4, 0.5) is 15.8 Å². The highest BCUT2D eigenvalue weighted by Gasteiger charge is 2.15. The summed E-state index contributed by atoms with van der Waals surface area (Å²) in [4.78, 5) is 14.0. The van der Waals surface area contributed by atoms with E-state index in [1.807, 2.05) is 4.90 Å². The van der Waals surface area contributed by atoms with E-state index in [1.165, 1.54) is 18.2 Å². The topological polar surface area (TPSA) is 41.6 Å². The van der Waals surface area contributed by atoms with Crippen LogP contribution in [0.25, 0.3) is 6.08 Å². The van der Waals surface area contributed by atoms with Gasteiger partial charge in [0.2, 0.25) is 5.91 Å². The average molecular weight is 395 g/mol. The summed E-state index contributed by atoms with van der Waals surface area (Å²) in [6.45, 7) is 2.44. The zero-order valence-corrected chi connectivity index (χ0v) is 15.4. The number of halogens is 3. The first kappa shape index (κ1) is 18.7. The van der Waals surface area contributed by atoms with E-state index >= 15 is 0 Å². The lowest BCUT2D eigenvalue weighted by Gasteiger charge is -2.29. The molecular formula is C19H17Cl2FN2O2. The number of amides is 1. The maximum atomic E-state index is 14.4. The molecule has 7 heteroatoms. The van der Waals surface area contributed by atoms with Crippen LogP contribution in [0, 0.1) is 5.82 Å². The summed E-state index contributed by atoms with van der Waals surface area (Å²) >= 11 is 12.1. The summed E-state index contributed by atoms with van der Waals surface area (Å²) in [6, 6.07) is 9.72. The third-order valence-electron chi connectivity index (χ3n) is 3.97. The maximum absolute atomic E-state index is 14.4. The van der Waals surface area contributed by atoms with Gasteiger partial charge in [0.15, 0.2) is 0 Å². The molecule has 1 heterocycles. The van der Waals surface area contributed by atoms with Crippen molar-refractivity contribution >= 4 is 46.6 Å². The number of rotatable bonds is 4. The summed E-state index contributed by atoms with van der Waals surface area (Å²) in [6.07, 6.45) is 2.83. The van der Waals surface area contributed by atoms with Crippen molar-refractivity contribution < 1.29 is 13.9 Å². The number of hydrogen-bond donors (Lipinski definition) is 1. The molecule has 1 aliphatic heterocycles. The van der Waals surface area contributed by atoms with Gasteiger partial charge in [0, 0.05) is 40.5 Å². The molecule has 2 aromatic carbocycles. The van der Waals surface area contributed by atoms with Crippen LogP contribution in [0.2, 0.25) is 10.0 Å². The SMILES string of the molecule is O=C(/C=C/c1c(Cl)cccc1Cl)Nc1ccc(N2CCOCC2)c(F)c1. The Labute approximate surface area is 161 Å². The Morgan fingerprint density at radius 2 is 1.85 bits per heavy atom. The minimum atomic E-state index is -0.403. The van der Waals surface area contributed by atoms with Crippen LogP contribution in [0.15, 0.2) is 42.5 Å². The number of nitrogens with one attached hydrogen (secondary N) is 1. The Balaban J connectivity index is 1.67. The predicted octanol–water partition coefficient (Wildman–Crippen LogP) is 4.62. The third-order valence-corrected chi connectivity index (χ3v) is 4.63. The van der Waals surface area contributed by atoms with Gasteiger partial charge in [-0.1, -0.05) is 29.3 Å². The molecule has 4 nitrogen and oxygen atoms in total. The van der Waals surface area contributed by atoms with Crippen molar-refractivity contribution in [2.75, 3.05) is 36.5 Å². The maximum Gasteiger partial charge on any atom is 0.248 e. The quantitative estimate of drug-likeness (QED) is 0.769. The average Bonchev–Trinajstić information content (AvgIpc) is 2.62. The monoisotopic (exact) mass is 394 g/mol. The fraction of sp³-hybridized carbons (Fsp3) is 0.211. The second kappa shape index (κ2) is 8.54. The molecule has 0 aliphatic carbocycles. The first-order valence-electron chi connectivity index (χ1n) is 8.10. The standard InChI is InChI=1S/C19H17Cl2FN2O2/c20-15-2-1-3-16(21)14(15)5-7-19(25)23-13-4-6-18(17(22)12-13)24-8-10-26-11-9-24/h1-7,12H,8-11H2,(H,23,25)/b7-5+. The van der Waals surface area contributed by atoms with Crippen LogP contribution >= 0.6 is 23.2 Å². The molecule has 0 saturated carbocycles. The number of carbonyl (C=O) groups is 1. The van der Waals surface area contributed by atoms with E-state index in [-0.39, 0.29) is 5.82 Å². The van der Waals surface area contributed by atoms with Gasteiger partial charge in [0.05, 0.1) is 18.9 Å². The Kier molecular flexibility index (Phi) is 6.14. The van der Waals surface area contributed by atoms with E-state index in [2.05, 4.69) is 5.32 Å². The van der Waals surface area contributed by atoms with Crippen molar-refractivity contribution in [2.45, 2.75) is 0 Å². The van der Waals surface area contributed by atoms with Crippen molar-refractivity contribution in [1.29, 1.82) is 0 Å². The van der Waals surface area contributed by atoms with Gasteiger partial charge in [-0.2, -0.15) is 0 Å². The first-order valence-corrected chi connectivity index (χ1v) is 8.85. The van der Waals surface area contributed by atoms with Crippen molar-refractivity contribution in [3.05, 3.63) is 63.9 Å². The van der Waals surface area contributed by atoms with Crippen LogP contribution in [0.3, 0.4) is 0 Å². The molecule has 0 unspecified atom stereocenters. The number of hydrogen-bond acceptors (Lipinski definition) is 3. The predicted molar refractivity (Wildman–Crippen MR) is 104 cm³/mol. The number of ether oxygens (including phenoxy) is 1. The summed E-state index contributed by atoms with van der Waals surface area (Å²) in [5, 5.41) is 3.52. The molecule has 1 N–H and O–H groups in total. The van der Waals surface area contributed by atoms with E-state index in [0.717, 1.165) is 0 Å². The largest absolute Gasteiger partial charge is 0.378 e. The number of benzene rings is 2. The van der Waals surface area contributed by atoms with Gasteiger partial charge in [-0.25, -0.2) is 4.39 Å². The van der Waals surface area contributed by atoms with E-state index in [9.17, 15) is 9.18 Å². The third kappa shape index (κ3) is 4.55. The minimum Gasteiger partial charge on any atom is -0.378 e. The summed E-state index contributed by atoms with van der Waals surface area (Å²) in [5.41, 5.74) is 1.43. The molecule has 0 aromatic heterocycles. The molecule has 1 saturated heterocycles. The van der Waals surface area contributed by atoms with Crippen LogP contribution in [-0.4, -0.2) is 32.2 Å². The van der Waals surface area contributed by atoms with Gasteiger partial charge < -0.3 is 15.0 Å². The van der Waals surface area contributed by atoms with Crippen molar-refractivity contribution in [3.8, 4) is 0 Å². The van der Waals surface area contributed by atoms with Gasteiger partial charge >= 0.3 is 0 Å². The number of carbonyl (C=O) groups excluding carboxylic acids is 1. The van der Waals surface area contributed by atoms with E-state index in [0.29, 0.717) is 53.3 Å². The zero-order chi connectivity index (χ0) is 18.5. The van der Waals surface area contributed by atoms with Crippen molar-refractivity contribution in [3.63, 3.8) is 0 Å². The lowest BCUT2D eigenvalue weighted by molar-refractivity contribution is -0.111. The molecule has 1 aliphatic rings. The van der Waals surface area contributed by atoms with Crippen LogP contribution in [-0.2, 0) is 9.53 Å². The molecule has 0 atom stereocenters. The first-order chi connectivity index (χ1) is 12.5. The Bertz CT molecular complexity index is 816. The summed E-state index contributed by atoms with van der Waals surface area (Å²) in [7, 11) is 0. The minimum absolute atomic E-state index is 0.374. The van der Waals surface area contributed by atoms with Gasteiger partial charge in [-0.3, -0.25) is 4.79 Å². The Morgan fingerprint density at radius 3 is 2.50 bits per heavy atom. The molecule has 2 aromatic rings. The molecule has 1 amide bonds. The van der Waals surface area contributed by atoms with Crippen LogP contribution in [0.1, 0.15) is 5.56 Å². The molecule has 0 bridgehead atoms. The fourth-order valence-corrected chi connectivity index (χ4v) is 3.18. The Morgan fingerprint density at radius 1 is 1.15 bits per heavy atom. The van der Waals surface area contributed by atoms with Gasteiger partial charge in [-0.05, 0) is 36.4 Å². The highest BCUT2D eigenvalue weighted by molar-refractivity contribution is 6.37. The summed E-state index contributed by atoms with van der Waals surface area (Å²) < 4.78 is 19.6. The lowest BCUT2D eigenvalue weighted by Crippen LogP contribution is -2.36. The molecular weight excluding hydrogens is 378 g/mol. The van der Waals surface area contributed by atoms with Gasteiger partial charge in [0.1, 0.15) is 5.82 Å². The number of nitrogens with zero attached hydrogens (tertiary/aromatic N) is 1. The van der Waals surface area contributed by atoms with E-state index < -0.39 is 5.91 Å². The molecule has 0 radical (unpaired) electrons. The molecule has 1 fully saturated rings. The van der Waals surface area contributed by atoms with Crippen molar-refractivity contribution in [1.82, 2.24) is 0 Å². The molecule has 136 valence electrons. The summed E-state index contributed by atoms with van der Waals surface area (Å²) in [5.74, 6) is -0.790. The lowest BCUT2D eigenvalue weighted by atomic mass is 10.2. The van der Waals surface area contributed by atoms with Gasteiger partial charge in [-0.15, -0.1) is 0 Å².